The van der Waals surface area contributed by atoms with E-state index < -0.39 is 0 Å². The second kappa shape index (κ2) is 11.9. The van der Waals surface area contributed by atoms with Crippen molar-refractivity contribution >= 4 is 80.6 Å². The maximum atomic E-state index is 4.30. The molecule has 10 aromatic rings. The fraction of sp³-hybridized carbons (Fsp3) is 0.0204. The molecule has 0 N–H and O–H groups in total. The number of fused-ring (bicyclic) bond motifs is 6. The highest BCUT2D eigenvalue weighted by Gasteiger charge is 2.19. The van der Waals surface area contributed by atoms with Crippen LogP contribution in [0.5, 0.6) is 0 Å². The molecular weight excluding hydrogens is 653 g/mol. The summed E-state index contributed by atoms with van der Waals surface area (Å²) in [5.74, 6) is 0. The lowest BCUT2D eigenvalue weighted by Crippen LogP contribution is -1.90. The lowest BCUT2D eigenvalue weighted by atomic mass is 9.86. The molecule has 0 spiro atoms. The number of thiophene rings is 2. The van der Waals surface area contributed by atoms with E-state index in [2.05, 4.69) is 171 Å². The van der Waals surface area contributed by atoms with E-state index in [0.717, 1.165) is 0 Å². The van der Waals surface area contributed by atoms with Gasteiger partial charge in [-0.1, -0.05) is 146 Å². The van der Waals surface area contributed by atoms with Gasteiger partial charge in [0.05, 0.1) is 0 Å². The number of benzene rings is 8. The first-order valence-corrected chi connectivity index (χ1v) is 19.0. The topological polar surface area (TPSA) is 0 Å². The Morgan fingerprint density at radius 2 is 0.941 bits per heavy atom. The number of aryl methyl sites for hydroxylation is 1. The van der Waals surface area contributed by atoms with E-state index in [0.29, 0.717) is 0 Å². The van der Waals surface area contributed by atoms with Crippen LogP contribution in [0.3, 0.4) is 0 Å². The fourth-order valence-electron chi connectivity index (χ4n) is 8.12. The molecule has 240 valence electrons. The standard InChI is InChI=1S/C49H32S2/c1-3-35-42-29-34(25-27-44(42)51-49(35)36-26-28-45-46(30(36)2)41-19-11-12-20-43(41)50-45)31-21-23-33(24-22-31)48-39-17-9-7-15-37(39)47(32-13-5-4-6-14-32)38-16-8-10-18-40(38)48/h3-29H,1H2,2H3. The Morgan fingerprint density at radius 1 is 0.431 bits per heavy atom. The zero-order chi connectivity index (χ0) is 34.1. The van der Waals surface area contributed by atoms with Crippen molar-refractivity contribution in [3.8, 4) is 43.8 Å². The second-order valence-electron chi connectivity index (χ2n) is 13.3. The summed E-state index contributed by atoms with van der Waals surface area (Å²) in [7, 11) is 0. The van der Waals surface area contributed by atoms with Crippen molar-refractivity contribution in [2.24, 2.45) is 0 Å². The van der Waals surface area contributed by atoms with Gasteiger partial charge in [-0.15, -0.1) is 22.7 Å². The summed E-state index contributed by atoms with van der Waals surface area (Å²) in [5, 5.41) is 9.07. The Kier molecular flexibility index (Phi) is 7.02. The maximum absolute atomic E-state index is 4.30. The predicted molar refractivity (Wildman–Crippen MR) is 226 cm³/mol. The van der Waals surface area contributed by atoms with E-state index in [-0.39, 0.29) is 0 Å². The molecule has 0 saturated heterocycles. The van der Waals surface area contributed by atoms with E-state index in [1.807, 2.05) is 28.7 Å². The first-order chi connectivity index (χ1) is 25.2. The molecule has 0 nitrogen and oxygen atoms in total. The van der Waals surface area contributed by atoms with Crippen molar-refractivity contribution in [3.63, 3.8) is 0 Å². The maximum Gasteiger partial charge on any atom is 0.0430 e. The largest absolute Gasteiger partial charge is 0.135 e. The van der Waals surface area contributed by atoms with Crippen LogP contribution in [-0.4, -0.2) is 0 Å². The lowest BCUT2D eigenvalue weighted by Gasteiger charge is -2.18. The molecule has 0 unspecified atom stereocenters. The van der Waals surface area contributed by atoms with Crippen LogP contribution in [0.2, 0.25) is 0 Å². The van der Waals surface area contributed by atoms with Gasteiger partial charge in [0.15, 0.2) is 0 Å². The van der Waals surface area contributed by atoms with Gasteiger partial charge in [-0.25, -0.2) is 0 Å². The van der Waals surface area contributed by atoms with Gasteiger partial charge in [0.2, 0.25) is 0 Å². The highest BCUT2D eigenvalue weighted by Crippen LogP contribution is 2.47. The van der Waals surface area contributed by atoms with Gasteiger partial charge in [0, 0.05) is 40.7 Å². The molecule has 0 fully saturated rings. The molecule has 2 heteroatoms. The third-order valence-electron chi connectivity index (χ3n) is 10.5. The molecule has 51 heavy (non-hydrogen) atoms. The van der Waals surface area contributed by atoms with E-state index in [1.54, 1.807) is 0 Å². The number of hydrogen-bond donors (Lipinski definition) is 0. The van der Waals surface area contributed by atoms with Crippen LogP contribution in [0.15, 0.2) is 164 Å². The average molecular weight is 685 g/mol. The number of hydrogen-bond acceptors (Lipinski definition) is 2. The molecule has 0 bridgehead atoms. The summed E-state index contributed by atoms with van der Waals surface area (Å²) < 4.78 is 3.97. The van der Waals surface area contributed by atoms with Gasteiger partial charge >= 0.3 is 0 Å². The third-order valence-corrected chi connectivity index (χ3v) is 12.8. The minimum atomic E-state index is 1.21. The van der Waals surface area contributed by atoms with Crippen LogP contribution < -0.4 is 0 Å². The van der Waals surface area contributed by atoms with Gasteiger partial charge in [-0.2, -0.15) is 0 Å². The molecule has 0 radical (unpaired) electrons. The lowest BCUT2D eigenvalue weighted by molar-refractivity contribution is 1.55. The molecule has 2 aromatic heterocycles. The third kappa shape index (κ3) is 4.72. The van der Waals surface area contributed by atoms with Crippen molar-refractivity contribution < 1.29 is 0 Å². The van der Waals surface area contributed by atoms with Gasteiger partial charge in [0.1, 0.15) is 0 Å². The smallest absolute Gasteiger partial charge is 0.0430 e. The summed E-state index contributed by atoms with van der Waals surface area (Å²) in [6, 6.07) is 58.0. The van der Waals surface area contributed by atoms with Crippen LogP contribution in [0, 0.1) is 6.92 Å². The van der Waals surface area contributed by atoms with Gasteiger partial charge < -0.3 is 0 Å². The second-order valence-corrected chi connectivity index (χ2v) is 15.4. The van der Waals surface area contributed by atoms with Crippen molar-refractivity contribution in [3.05, 3.63) is 175 Å². The summed E-state index contributed by atoms with van der Waals surface area (Å²) in [6.07, 6.45) is 2.05. The minimum absolute atomic E-state index is 1.21. The molecule has 2 heterocycles. The normalized spacial score (nSPS) is 11.7. The van der Waals surface area contributed by atoms with Crippen molar-refractivity contribution in [1.29, 1.82) is 0 Å². The Bertz CT molecular complexity index is 2920. The Balaban J connectivity index is 1.08. The minimum Gasteiger partial charge on any atom is -0.135 e. The Morgan fingerprint density at radius 3 is 1.59 bits per heavy atom. The number of rotatable bonds is 5. The van der Waals surface area contributed by atoms with Gasteiger partial charge in [-0.05, 0) is 97.2 Å². The Hall–Kier alpha value is -5.80. The van der Waals surface area contributed by atoms with E-state index in [4.69, 9.17) is 0 Å². The highest BCUT2D eigenvalue weighted by atomic mass is 32.1. The molecule has 10 rings (SSSR count). The quantitative estimate of drug-likeness (QED) is 0.158. The SMILES string of the molecule is C=Cc1c(-c2ccc3sc4ccccc4c3c2C)sc2ccc(-c3ccc(-c4c5ccccc5c(-c5ccccc5)c5ccccc45)cc3)cc12. The first kappa shape index (κ1) is 30.1. The Labute approximate surface area is 305 Å². The van der Waals surface area contributed by atoms with Gasteiger partial charge in [-0.3, -0.25) is 0 Å². The van der Waals surface area contributed by atoms with Crippen molar-refractivity contribution in [2.45, 2.75) is 6.92 Å². The monoisotopic (exact) mass is 684 g/mol. The molecular formula is C49H32S2. The van der Waals surface area contributed by atoms with Crippen LogP contribution in [0.4, 0.5) is 0 Å². The first-order valence-electron chi connectivity index (χ1n) is 17.4. The zero-order valence-corrected chi connectivity index (χ0v) is 29.7. The molecule has 0 aliphatic carbocycles. The zero-order valence-electron chi connectivity index (χ0n) is 28.1. The summed E-state index contributed by atoms with van der Waals surface area (Å²) in [4.78, 5) is 1.29. The molecule has 0 amide bonds. The van der Waals surface area contributed by atoms with Gasteiger partial charge in [0.25, 0.3) is 0 Å². The molecule has 0 aliphatic rings. The summed E-state index contributed by atoms with van der Waals surface area (Å²) in [6.45, 7) is 6.58. The van der Waals surface area contributed by atoms with Crippen LogP contribution in [0.25, 0.3) is 102 Å². The molecule has 0 aliphatic heterocycles. The van der Waals surface area contributed by atoms with Crippen molar-refractivity contribution in [2.75, 3.05) is 0 Å². The highest BCUT2D eigenvalue weighted by molar-refractivity contribution is 7.26. The average Bonchev–Trinajstić information content (AvgIpc) is 3.76. The van der Waals surface area contributed by atoms with Crippen LogP contribution in [-0.2, 0) is 0 Å². The van der Waals surface area contributed by atoms with E-state index in [1.165, 1.54) is 107 Å². The predicted octanol–water partition coefficient (Wildman–Crippen LogP) is 15.2. The van der Waals surface area contributed by atoms with Crippen LogP contribution >= 0.6 is 22.7 Å². The fourth-order valence-corrected chi connectivity index (χ4v) is 10.6. The molecule has 0 atom stereocenters. The summed E-state index contributed by atoms with van der Waals surface area (Å²) >= 11 is 3.75. The van der Waals surface area contributed by atoms with E-state index >= 15 is 0 Å². The summed E-state index contributed by atoms with van der Waals surface area (Å²) in [5.41, 5.74) is 11.3. The molecule has 0 saturated carbocycles. The van der Waals surface area contributed by atoms with E-state index in [9.17, 15) is 0 Å². The molecule has 8 aromatic carbocycles. The van der Waals surface area contributed by atoms with Crippen LogP contribution in [0.1, 0.15) is 11.1 Å². The van der Waals surface area contributed by atoms with Crippen molar-refractivity contribution in [1.82, 2.24) is 0 Å².